The molecule has 1 saturated carbocycles. The van der Waals surface area contributed by atoms with E-state index in [0.29, 0.717) is 19.4 Å². The van der Waals surface area contributed by atoms with Gasteiger partial charge in [0.2, 0.25) is 0 Å². The molecule has 1 rings (SSSR count). The fraction of sp³-hybridized carbons (Fsp3) is 1.00. The molecule has 0 aromatic carbocycles. The minimum atomic E-state index is -4.27. The third-order valence-electron chi connectivity index (χ3n) is 3.31. The molecule has 0 aliphatic heterocycles. The van der Waals surface area contributed by atoms with Gasteiger partial charge in [0, 0.05) is 12.5 Å². The van der Waals surface area contributed by atoms with E-state index < -0.39 is 26.0 Å². The average Bonchev–Trinajstić information content (AvgIpc) is 2.44. The van der Waals surface area contributed by atoms with Gasteiger partial charge in [-0.05, 0) is 53.0 Å². The van der Waals surface area contributed by atoms with E-state index in [9.17, 15) is 13.2 Å². The van der Waals surface area contributed by atoms with Crippen molar-refractivity contribution in [1.82, 2.24) is 4.90 Å². The van der Waals surface area contributed by atoms with Crippen LogP contribution in [0.5, 0.6) is 0 Å². The van der Waals surface area contributed by atoms with Crippen molar-refractivity contribution in [2.24, 2.45) is 5.92 Å². The van der Waals surface area contributed by atoms with E-state index in [0.717, 1.165) is 0 Å². The van der Waals surface area contributed by atoms with Crippen LogP contribution in [0.3, 0.4) is 0 Å². The normalized spacial score (nSPS) is 30.2. The summed E-state index contributed by atoms with van der Waals surface area (Å²) in [5.74, 6) is -0.445. The summed E-state index contributed by atoms with van der Waals surface area (Å²) in [6.07, 6.45) is -2.96. The molecule has 1 fully saturated rings. The number of hydrogen-bond donors (Lipinski definition) is 0. The molecule has 1 aliphatic carbocycles. The van der Waals surface area contributed by atoms with Gasteiger partial charge in [0.05, 0.1) is 0 Å². The molecule has 0 heterocycles. The molecule has 0 radical (unpaired) electrons. The molecule has 6 heteroatoms. The molecule has 0 saturated heterocycles. The predicted octanol–water partition coefficient (Wildman–Crippen LogP) is 3.50. The Balaban J connectivity index is 3.03. The lowest BCUT2D eigenvalue weighted by Crippen LogP contribution is -2.57. The molecule has 108 valence electrons. The van der Waals surface area contributed by atoms with Crippen molar-refractivity contribution in [1.29, 1.82) is 0 Å². The van der Waals surface area contributed by atoms with Gasteiger partial charge in [-0.25, -0.2) is 0 Å². The first-order valence-electron chi connectivity index (χ1n) is 6.39. The van der Waals surface area contributed by atoms with Crippen molar-refractivity contribution in [3.63, 3.8) is 0 Å². The zero-order valence-corrected chi connectivity index (χ0v) is 12.9. The zero-order valence-electron chi connectivity index (χ0n) is 11.9. The summed E-state index contributed by atoms with van der Waals surface area (Å²) in [4.78, 5) is 1.82. The number of halogens is 3. The Morgan fingerprint density at radius 1 is 1.28 bits per heavy atom. The van der Waals surface area contributed by atoms with Crippen LogP contribution in [0.1, 0.15) is 19.3 Å². The van der Waals surface area contributed by atoms with Crippen LogP contribution in [-0.2, 0) is 4.43 Å². The number of hydrogen-bond acceptors (Lipinski definition) is 2. The third kappa shape index (κ3) is 3.48. The second-order valence-electron chi connectivity index (χ2n) is 6.45. The second-order valence-corrected chi connectivity index (χ2v) is 10.9. The first-order chi connectivity index (χ1) is 7.98. The highest BCUT2D eigenvalue weighted by molar-refractivity contribution is 6.69. The number of nitrogens with zero attached hydrogens (tertiary/aromatic N) is 1. The minimum Gasteiger partial charge on any atom is -0.403 e. The first-order valence-corrected chi connectivity index (χ1v) is 9.80. The van der Waals surface area contributed by atoms with Crippen molar-refractivity contribution in [2.45, 2.75) is 50.7 Å². The quantitative estimate of drug-likeness (QED) is 0.732. The van der Waals surface area contributed by atoms with Gasteiger partial charge in [-0.3, -0.25) is 0 Å². The van der Waals surface area contributed by atoms with Crippen LogP contribution in [0.15, 0.2) is 0 Å². The molecule has 0 amide bonds. The van der Waals surface area contributed by atoms with Crippen molar-refractivity contribution in [3.8, 4) is 0 Å². The van der Waals surface area contributed by atoms with E-state index in [4.69, 9.17) is 4.43 Å². The summed E-state index contributed by atoms with van der Waals surface area (Å²) in [6.45, 7) is 5.91. The van der Waals surface area contributed by atoms with E-state index in [-0.39, 0.29) is 6.42 Å². The molecule has 2 unspecified atom stereocenters. The van der Waals surface area contributed by atoms with Gasteiger partial charge in [-0.15, -0.1) is 0 Å². The van der Waals surface area contributed by atoms with E-state index in [1.54, 1.807) is 0 Å². The molecular formula is C12H24F3NOSi. The van der Waals surface area contributed by atoms with Crippen LogP contribution in [0.4, 0.5) is 13.2 Å². The van der Waals surface area contributed by atoms with Gasteiger partial charge >= 0.3 is 6.18 Å². The Morgan fingerprint density at radius 2 is 1.83 bits per heavy atom. The largest absolute Gasteiger partial charge is 0.416 e. The molecule has 0 spiro atoms. The zero-order chi connectivity index (χ0) is 14.2. The van der Waals surface area contributed by atoms with Crippen LogP contribution >= 0.6 is 0 Å². The number of rotatable bonds is 4. The molecular weight excluding hydrogens is 259 g/mol. The summed E-state index contributed by atoms with van der Waals surface area (Å²) in [7, 11) is 1.39. The summed E-state index contributed by atoms with van der Waals surface area (Å²) >= 11 is 0. The fourth-order valence-corrected chi connectivity index (χ4v) is 4.32. The Hall–Kier alpha value is -0.0731. The van der Waals surface area contributed by atoms with Crippen molar-refractivity contribution < 1.29 is 17.6 Å². The van der Waals surface area contributed by atoms with E-state index in [1.807, 2.05) is 38.6 Å². The van der Waals surface area contributed by atoms with Crippen LogP contribution in [-0.4, -0.2) is 45.6 Å². The Kier molecular flexibility index (Phi) is 4.56. The highest BCUT2D eigenvalue weighted by Crippen LogP contribution is 2.50. The van der Waals surface area contributed by atoms with Crippen molar-refractivity contribution in [3.05, 3.63) is 0 Å². The molecule has 0 N–H and O–H groups in total. The van der Waals surface area contributed by atoms with Gasteiger partial charge in [-0.2, -0.15) is 13.2 Å². The lowest BCUT2D eigenvalue weighted by atomic mass is 9.90. The molecule has 2 atom stereocenters. The second kappa shape index (κ2) is 5.13. The smallest absolute Gasteiger partial charge is 0.403 e. The maximum Gasteiger partial charge on any atom is 0.416 e. The third-order valence-corrected chi connectivity index (χ3v) is 4.29. The molecule has 1 aliphatic rings. The highest BCUT2D eigenvalue weighted by atomic mass is 28.4. The monoisotopic (exact) mass is 283 g/mol. The Morgan fingerprint density at radius 3 is 2.22 bits per heavy atom. The molecule has 0 aromatic rings. The summed E-state index contributed by atoms with van der Waals surface area (Å²) < 4.78 is 46.2. The molecule has 0 bridgehead atoms. The van der Waals surface area contributed by atoms with Crippen LogP contribution in [0.25, 0.3) is 0 Å². The molecule has 18 heavy (non-hydrogen) atoms. The Bertz CT molecular complexity index is 288. The van der Waals surface area contributed by atoms with Crippen molar-refractivity contribution in [2.75, 3.05) is 20.6 Å². The molecule has 0 aromatic heterocycles. The maximum atomic E-state index is 13.5. The van der Waals surface area contributed by atoms with Crippen LogP contribution < -0.4 is 0 Å². The Labute approximate surface area is 109 Å². The lowest BCUT2D eigenvalue weighted by molar-refractivity contribution is -0.265. The van der Waals surface area contributed by atoms with Crippen LogP contribution in [0.2, 0.25) is 19.6 Å². The van der Waals surface area contributed by atoms with Gasteiger partial charge in [0.15, 0.2) is 13.9 Å². The summed E-state index contributed by atoms with van der Waals surface area (Å²) in [6, 6.07) is 0. The predicted molar refractivity (Wildman–Crippen MR) is 69.1 cm³/mol. The van der Waals surface area contributed by atoms with E-state index >= 15 is 0 Å². The first kappa shape index (κ1) is 16.0. The highest BCUT2D eigenvalue weighted by Gasteiger charge is 2.63. The average molecular weight is 283 g/mol. The summed E-state index contributed by atoms with van der Waals surface area (Å²) in [5.41, 5.74) is -1.91. The fourth-order valence-electron chi connectivity index (χ4n) is 2.84. The SMILES string of the molecule is CN(C)CC1CCCC1(O[Si](C)(C)C)C(F)(F)F. The van der Waals surface area contributed by atoms with Gasteiger partial charge in [-0.1, -0.05) is 0 Å². The van der Waals surface area contributed by atoms with E-state index in [2.05, 4.69) is 0 Å². The van der Waals surface area contributed by atoms with Gasteiger partial charge < -0.3 is 9.33 Å². The topological polar surface area (TPSA) is 12.5 Å². The maximum absolute atomic E-state index is 13.5. The van der Waals surface area contributed by atoms with E-state index in [1.165, 1.54) is 0 Å². The van der Waals surface area contributed by atoms with Crippen LogP contribution in [0, 0.1) is 5.92 Å². The summed E-state index contributed by atoms with van der Waals surface area (Å²) in [5, 5.41) is 0. The molecule has 2 nitrogen and oxygen atoms in total. The van der Waals surface area contributed by atoms with Gasteiger partial charge in [0.25, 0.3) is 0 Å². The minimum absolute atomic E-state index is 0.110. The van der Waals surface area contributed by atoms with Crippen molar-refractivity contribution >= 4 is 8.32 Å². The van der Waals surface area contributed by atoms with Gasteiger partial charge in [0.1, 0.15) is 0 Å². The standard InChI is InChI=1S/C12H24F3NOSi/c1-16(2)9-10-7-6-8-11(10,12(13,14)15)17-18(3,4)5/h10H,6-9H2,1-5H3. The lowest BCUT2D eigenvalue weighted by Gasteiger charge is -2.42. The number of alkyl halides is 3.